The van der Waals surface area contributed by atoms with Crippen LogP contribution in [0.5, 0.6) is 11.5 Å². The maximum Gasteiger partial charge on any atom is 0.303 e. The van der Waals surface area contributed by atoms with Crippen LogP contribution in [-0.4, -0.2) is 40.9 Å². The fourth-order valence-corrected chi connectivity index (χ4v) is 2.74. The molecule has 0 atom stereocenters. The molecule has 0 aliphatic rings. The number of hydrogen-bond donors (Lipinski definition) is 2. The van der Waals surface area contributed by atoms with Crippen LogP contribution in [0.3, 0.4) is 0 Å². The van der Waals surface area contributed by atoms with Crippen LogP contribution >= 0.6 is 11.3 Å². The molecule has 0 aliphatic heterocycles. The highest BCUT2D eigenvalue weighted by molar-refractivity contribution is 7.15. The molecule has 1 aromatic heterocycles. The summed E-state index contributed by atoms with van der Waals surface area (Å²) in [5.41, 5.74) is 0.778. The second-order valence-electron chi connectivity index (χ2n) is 5.06. The van der Waals surface area contributed by atoms with Crippen LogP contribution in [0.1, 0.15) is 23.9 Å². The Morgan fingerprint density at radius 2 is 2.12 bits per heavy atom. The molecule has 2 aromatic rings. The summed E-state index contributed by atoms with van der Waals surface area (Å²) in [5, 5.41) is 19.8. The van der Waals surface area contributed by atoms with Crippen LogP contribution in [0.2, 0.25) is 0 Å². The number of methoxy groups -OCH3 is 1. The lowest BCUT2D eigenvalue weighted by Gasteiger charge is -2.09. The van der Waals surface area contributed by atoms with Crippen LogP contribution in [0, 0.1) is 0 Å². The van der Waals surface area contributed by atoms with Gasteiger partial charge in [0.05, 0.1) is 20.1 Å². The number of hydrogen-bond acceptors (Lipinski definition) is 7. The number of aliphatic carboxylic acids is 1. The normalized spacial score (nSPS) is 10.7. The molecule has 2 rings (SSSR count). The summed E-state index contributed by atoms with van der Waals surface area (Å²) in [5.74, 6) is -0.0424. The molecule has 1 aromatic carbocycles. The van der Waals surface area contributed by atoms with Crippen LogP contribution in [0.4, 0.5) is 5.13 Å². The molecule has 8 nitrogen and oxygen atoms in total. The van der Waals surface area contributed by atoms with Gasteiger partial charge in [0.15, 0.2) is 11.5 Å². The minimum absolute atomic E-state index is 0.0257. The van der Waals surface area contributed by atoms with E-state index in [1.165, 1.54) is 6.08 Å². The number of amides is 1. The van der Waals surface area contributed by atoms with E-state index in [9.17, 15) is 9.59 Å². The Morgan fingerprint density at radius 1 is 1.31 bits per heavy atom. The topological polar surface area (TPSA) is 111 Å². The van der Waals surface area contributed by atoms with Crippen molar-refractivity contribution in [3.8, 4) is 11.5 Å². The second kappa shape index (κ2) is 9.52. The van der Waals surface area contributed by atoms with Crippen LogP contribution in [-0.2, 0) is 16.0 Å². The zero-order chi connectivity index (χ0) is 18.9. The SMILES string of the molecule is CCOc1ccc(/C=C/C(=O)Nc2nnc(CCC(=O)O)s2)cc1OC. The highest BCUT2D eigenvalue weighted by atomic mass is 32.1. The molecule has 1 amide bonds. The van der Waals surface area contributed by atoms with Gasteiger partial charge >= 0.3 is 5.97 Å². The number of aromatic nitrogens is 2. The third-order valence-corrected chi connectivity index (χ3v) is 4.06. The number of nitrogens with one attached hydrogen (secondary N) is 1. The van der Waals surface area contributed by atoms with Crippen molar-refractivity contribution in [3.63, 3.8) is 0 Å². The molecular weight excluding hydrogens is 358 g/mol. The Labute approximate surface area is 154 Å². The summed E-state index contributed by atoms with van der Waals surface area (Å²) >= 11 is 1.15. The van der Waals surface area contributed by atoms with E-state index < -0.39 is 5.97 Å². The summed E-state index contributed by atoms with van der Waals surface area (Å²) in [6, 6.07) is 5.36. The van der Waals surface area contributed by atoms with E-state index in [0.717, 1.165) is 16.9 Å². The summed E-state index contributed by atoms with van der Waals surface area (Å²) in [6.07, 6.45) is 3.26. The standard InChI is InChI=1S/C17H19N3O5S/c1-3-25-12-6-4-11(10-13(12)24-2)5-7-14(21)18-17-20-19-15(26-17)8-9-16(22)23/h4-7,10H,3,8-9H2,1-2H3,(H,22,23)(H,18,20,21)/b7-5+. The Morgan fingerprint density at radius 3 is 2.81 bits per heavy atom. The first-order chi connectivity index (χ1) is 12.5. The van der Waals surface area contributed by atoms with Gasteiger partial charge in [-0.1, -0.05) is 17.4 Å². The fraction of sp³-hybridized carbons (Fsp3) is 0.294. The zero-order valence-corrected chi connectivity index (χ0v) is 15.2. The third-order valence-electron chi connectivity index (χ3n) is 3.16. The van der Waals surface area contributed by atoms with Gasteiger partial charge in [-0.2, -0.15) is 0 Å². The monoisotopic (exact) mass is 377 g/mol. The van der Waals surface area contributed by atoms with Gasteiger partial charge in [0.2, 0.25) is 11.0 Å². The van der Waals surface area contributed by atoms with Gasteiger partial charge in [-0.15, -0.1) is 10.2 Å². The molecule has 0 fully saturated rings. The molecule has 26 heavy (non-hydrogen) atoms. The number of benzene rings is 1. The summed E-state index contributed by atoms with van der Waals surface area (Å²) in [6.45, 7) is 2.42. The van der Waals surface area contributed by atoms with Gasteiger partial charge in [-0.3, -0.25) is 14.9 Å². The average Bonchev–Trinajstić information content (AvgIpc) is 3.06. The number of aryl methyl sites for hydroxylation is 1. The molecule has 2 N–H and O–H groups in total. The molecule has 0 aliphatic carbocycles. The third kappa shape index (κ3) is 5.85. The van der Waals surface area contributed by atoms with Crippen molar-refractivity contribution in [2.24, 2.45) is 0 Å². The molecule has 0 saturated carbocycles. The van der Waals surface area contributed by atoms with Crippen LogP contribution < -0.4 is 14.8 Å². The van der Waals surface area contributed by atoms with E-state index in [4.69, 9.17) is 14.6 Å². The highest BCUT2D eigenvalue weighted by Crippen LogP contribution is 2.28. The van der Waals surface area contributed by atoms with Crippen molar-refractivity contribution in [2.75, 3.05) is 19.0 Å². The largest absolute Gasteiger partial charge is 0.493 e. The molecule has 138 valence electrons. The lowest BCUT2D eigenvalue weighted by atomic mass is 10.2. The number of carboxylic acids is 1. The number of ether oxygens (including phenoxy) is 2. The van der Waals surface area contributed by atoms with Crippen LogP contribution in [0.15, 0.2) is 24.3 Å². The lowest BCUT2D eigenvalue weighted by Crippen LogP contribution is -2.07. The van der Waals surface area contributed by atoms with Gasteiger partial charge in [-0.25, -0.2) is 0 Å². The van der Waals surface area contributed by atoms with Gasteiger partial charge in [0, 0.05) is 12.5 Å². The maximum atomic E-state index is 12.0. The van der Waals surface area contributed by atoms with Crippen LogP contribution in [0.25, 0.3) is 6.08 Å². The molecule has 0 radical (unpaired) electrons. The summed E-state index contributed by atoms with van der Waals surface area (Å²) in [7, 11) is 1.55. The first kappa shape index (κ1) is 19.4. The smallest absolute Gasteiger partial charge is 0.303 e. The van der Waals surface area contributed by atoms with Crippen molar-refractivity contribution in [2.45, 2.75) is 19.8 Å². The number of carbonyl (C=O) groups is 2. The minimum Gasteiger partial charge on any atom is -0.493 e. The number of anilines is 1. The number of carbonyl (C=O) groups excluding carboxylic acids is 1. The molecular formula is C17H19N3O5S. The van der Waals surface area contributed by atoms with E-state index in [2.05, 4.69) is 15.5 Å². The Balaban J connectivity index is 1.96. The quantitative estimate of drug-likeness (QED) is 0.646. The average molecular weight is 377 g/mol. The summed E-state index contributed by atoms with van der Waals surface area (Å²) in [4.78, 5) is 22.5. The van der Waals surface area contributed by atoms with Gasteiger partial charge < -0.3 is 14.6 Å². The predicted molar refractivity (Wildman–Crippen MR) is 97.7 cm³/mol. The van der Waals surface area contributed by atoms with E-state index in [0.29, 0.717) is 28.2 Å². The van der Waals surface area contributed by atoms with Gasteiger partial charge in [-0.05, 0) is 30.7 Å². The van der Waals surface area contributed by atoms with Crippen molar-refractivity contribution in [1.82, 2.24) is 10.2 Å². The first-order valence-electron chi connectivity index (χ1n) is 7.86. The van der Waals surface area contributed by atoms with Crippen molar-refractivity contribution in [1.29, 1.82) is 0 Å². The maximum absolute atomic E-state index is 12.0. The fourth-order valence-electron chi connectivity index (χ4n) is 2.00. The molecule has 0 bridgehead atoms. The van der Waals surface area contributed by atoms with E-state index in [1.54, 1.807) is 25.3 Å². The Kier molecular flexibility index (Phi) is 7.10. The van der Waals surface area contributed by atoms with Gasteiger partial charge in [0.25, 0.3) is 0 Å². The molecule has 0 spiro atoms. The first-order valence-corrected chi connectivity index (χ1v) is 8.67. The molecule has 0 unspecified atom stereocenters. The number of rotatable bonds is 9. The molecule has 1 heterocycles. The van der Waals surface area contributed by atoms with E-state index in [1.807, 2.05) is 13.0 Å². The zero-order valence-electron chi connectivity index (χ0n) is 14.4. The van der Waals surface area contributed by atoms with Crippen molar-refractivity contribution in [3.05, 3.63) is 34.8 Å². The van der Waals surface area contributed by atoms with E-state index in [-0.39, 0.29) is 18.7 Å². The Bertz CT molecular complexity index is 803. The second-order valence-corrected chi connectivity index (χ2v) is 6.12. The molecule has 9 heteroatoms. The number of carboxylic acid groups (broad SMARTS) is 1. The Hall–Kier alpha value is -2.94. The predicted octanol–water partition coefficient (Wildman–Crippen LogP) is 2.61. The van der Waals surface area contributed by atoms with E-state index >= 15 is 0 Å². The summed E-state index contributed by atoms with van der Waals surface area (Å²) < 4.78 is 10.7. The van der Waals surface area contributed by atoms with Gasteiger partial charge in [0.1, 0.15) is 5.01 Å². The highest BCUT2D eigenvalue weighted by Gasteiger charge is 2.08. The lowest BCUT2D eigenvalue weighted by molar-refractivity contribution is -0.137. The van der Waals surface area contributed by atoms with Crippen molar-refractivity contribution >= 4 is 34.4 Å². The number of nitrogens with zero attached hydrogens (tertiary/aromatic N) is 2. The minimum atomic E-state index is -0.903. The van der Waals surface area contributed by atoms with Crippen molar-refractivity contribution < 1.29 is 24.2 Å². The molecule has 0 saturated heterocycles.